The van der Waals surface area contributed by atoms with Crippen LogP contribution in [0.1, 0.15) is 11.7 Å². The summed E-state index contributed by atoms with van der Waals surface area (Å²) >= 11 is 11.5. The van der Waals surface area contributed by atoms with Gasteiger partial charge in [0.15, 0.2) is 0 Å². The van der Waals surface area contributed by atoms with Crippen LogP contribution < -0.4 is 11.1 Å². The lowest BCUT2D eigenvalue weighted by Crippen LogP contribution is -2.30. The lowest BCUT2D eigenvalue weighted by Gasteiger charge is -2.19. The minimum Gasteiger partial charge on any atom is -0.389 e. The van der Waals surface area contributed by atoms with Crippen LogP contribution in [-0.2, 0) is 0 Å². The van der Waals surface area contributed by atoms with Crippen molar-refractivity contribution >= 4 is 29.2 Å². The second-order valence-electron chi connectivity index (χ2n) is 3.15. The molecule has 0 spiro atoms. The molecule has 8 heteroatoms. The van der Waals surface area contributed by atoms with E-state index in [-0.39, 0.29) is 28.4 Å². The minimum absolute atomic E-state index is 0.0693. The van der Waals surface area contributed by atoms with Crippen molar-refractivity contribution in [2.45, 2.75) is 12.2 Å². The Labute approximate surface area is 102 Å². The molecule has 1 aromatic heterocycles. The van der Waals surface area contributed by atoms with E-state index in [9.17, 15) is 10.2 Å². The maximum Gasteiger partial charge on any atom is 0.222 e. The fourth-order valence-corrected chi connectivity index (χ4v) is 1.81. The fourth-order valence-electron chi connectivity index (χ4n) is 1.19. The van der Waals surface area contributed by atoms with Crippen molar-refractivity contribution in [1.29, 1.82) is 0 Å². The molecule has 16 heavy (non-hydrogen) atoms. The molecule has 1 aromatic rings. The van der Waals surface area contributed by atoms with E-state index >= 15 is 0 Å². The lowest BCUT2D eigenvalue weighted by molar-refractivity contribution is 0.0200. The van der Waals surface area contributed by atoms with Crippen LogP contribution in [0.15, 0.2) is 0 Å². The number of aliphatic hydroxyl groups excluding tert-OH is 2. The molecule has 0 aliphatic carbocycles. The van der Waals surface area contributed by atoms with E-state index in [1.54, 1.807) is 7.05 Å². The first-order valence-corrected chi connectivity index (χ1v) is 5.22. The van der Waals surface area contributed by atoms with E-state index in [0.717, 1.165) is 0 Å². The van der Waals surface area contributed by atoms with Crippen molar-refractivity contribution in [2.75, 3.05) is 19.3 Å². The second kappa shape index (κ2) is 5.60. The van der Waals surface area contributed by atoms with Gasteiger partial charge in [0.25, 0.3) is 0 Å². The largest absolute Gasteiger partial charge is 0.389 e. The lowest BCUT2D eigenvalue weighted by atomic mass is 10.1. The first-order valence-electron chi connectivity index (χ1n) is 4.46. The van der Waals surface area contributed by atoms with Gasteiger partial charge in [0, 0.05) is 6.54 Å². The molecule has 0 fully saturated rings. The summed E-state index contributed by atoms with van der Waals surface area (Å²) < 4.78 is 0. The monoisotopic (exact) mass is 266 g/mol. The van der Waals surface area contributed by atoms with Crippen molar-refractivity contribution in [3.05, 3.63) is 15.9 Å². The van der Waals surface area contributed by atoms with Crippen LogP contribution in [0.2, 0.25) is 10.3 Å². The number of anilines is 1. The Kier molecular flexibility index (Phi) is 4.69. The van der Waals surface area contributed by atoms with Gasteiger partial charge in [-0.3, -0.25) is 0 Å². The number of nitrogens with one attached hydrogen (secondary N) is 1. The summed E-state index contributed by atoms with van der Waals surface area (Å²) in [5.41, 5.74) is 5.39. The molecule has 0 aliphatic heterocycles. The quantitative estimate of drug-likeness (QED) is 0.571. The van der Waals surface area contributed by atoms with Crippen molar-refractivity contribution in [1.82, 2.24) is 15.3 Å². The highest BCUT2D eigenvalue weighted by Crippen LogP contribution is 2.29. The Morgan fingerprint density at radius 3 is 2.25 bits per heavy atom. The van der Waals surface area contributed by atoms with Crippen molar-refractivity contribution in [3.63, 3.8) is 0 Å². The summed E-state index contributed by atoms with van der Waals surface area (Å²) in [6.07, 6.45) is -2.33. The average molecular weight is 267 g/mol. The molecule has 0 bridgehead atoms. The van der Waals surface area contributed by atoms with E-state index < -0.39 is 12.2 Å². The smallest absolute Gasteiger partial charge is 0.222 e. The van der Waals surface area contributed by atoms with E-state index in [1.807, 2.05) is 0 Å². The molecule has 0 aliphatic rings. The van der Waals surface area contributed by atoms with Crippen LogP contribution in [-0.4, -0.2) is 39.9 Å². The van der Waals surface area contributed by atoms with Gasteiger partial charge in [0.2, 0.25) is 5.95 Å². The van der Waals surface area contributed by atoms with Gasteiger partial charge >= 0.3 is 0 Å². The van der Waals surface area contributed by atoms with E-state index in [0.29, 0.717) is 0 Å². The second-order valence-corrected chi connectivity index (χ2v) is 3.86. The number of hydrogen-bond acceptors (Lipinski definition) is 6. The topological polar surface area (TPSA) is 104 Å². The summed E-state index contributed by atoms with van der Waals surface area (Å²) in [5.74, 6) is -0.0888. The third-order valence-corrected chi connectivity index (χ3v) is 2.52. The number of nitrogen functional groups attached to an aromatic ring is 1. The highest BCUT2D eigenvalue weighted by molar-refractivity contribution is 6.34. The van der Waals surface area contributed by atoms with Gasteiger partial charge in [0.1, 0.15) is 16.4 Å². The Balaban J connectivity index is 3.03. The van der Waals surface area contributed by atoms with Crippen LogP contribution in [0.5, 0.6) is 0 Å². The molecular weight excluding hydrogens is 255 g/mol. The summed E-state index contributed by atoms with van der Waals surface area (Å²) in [7, 11) is 1.64. The Hall–Kier alpha value is -0.660. The molecule has 1 heterocycles. The summed E-state index contributed by atoms with van der Waals surface area (Å²) in [4.78, 5) is 7.31. The van der Waals surface area contributed by atoms with Crippen LogP contribution in [0.3, 0.4) is 0 Å². The molecule has 0 aromatic carbocycles. The number of rotatable bonds is 4. The third-order valence-electron chi connectivity index (χ3n) is 1.94. The molecule has 2 unspecified atom stereocenters. The van der Waals surface area contributed by atoms with Gasteiger partial charge < -0.3 is 21.3 Å². The third kappa shape index (κ3) is 2.93. The Morgan fingerprint density at radius 2 is 1.81 bits per heavy atom. The van der Waals surface area contributed by atoms with Gasteiger partial charge in [-0.25, -0.2) is 9.97 Å². The zero-order valence-electron chi connectivity index (χ0n) is 8.48. The highest BCUT2D eigenvalue weighted by atomic mass is 35.5. The van der Waals surface area contributed by atoms with Gasteiger partial charge in [-0.1, -0.05) is 23.2 Å². The van der Waals surface area contributed by atoms with Crippen LogP contribution >= 0.6 is 23.2 Å². The van der Waals surface area contributed by atoms with Crippen molar-refractivity contribution in [3.8, 4) is 0 Å². The molecule has 90 valence electrons. The van der Waals surface area contributed by atoms with E-state index in [1.165, 1.54) is 0 Å². The number of nitrogens with zero attached hydrogens (tertiary/aromatic N) is 2. The van der Waals surface area contributed by atoms with Crippen LogP contribution in [0.25, 0.3) is 0 Å². The molecule has 5 N–H and O–H groups in total. The van der Waals surface area contributed by atoms with Gasteiger partial charge in [0.05, 0.1) is 11.7 Å². The molecule has 2 atom stereocenters. The molecule has 0 amide bonds. The first-order chi connectivity index (χ1) is 7.47. The van der Waals surface area contributed by atoms with Gasteiger partial charge in [-0.05, 0) is 7.05 Å². The van der Waals surface area contributed by atoms with Gasteiger partial charge in [-0.2, -0.15) is 0 Å². The van der Waals surface area contributed by atoms with E-state index in [4.69, 9.17) is 28.9 Å². The number of aromatic nitrogens is 2. The molecule has 0 radical (unpaired) electrons. The Morgan fingerprint density at radius 1 is 1.31 bits per heavy atom. The molecule has 1 rings (SSSR count). The number of hydrogen-bond donors (Lipinski definition) is 4. The molecule has 0 saturated carbocycles. The highest BCUT2D eigenvalue weighted by Gasteiger charge is 2.25. The Bertz CT molecular complexity index is 354. The van der Waals surface area contributed by atoms with E-state index in [2.05, 4.69) is 15.3 Å². The van der Waals surface area contributed by atoms with Crippen molar-refractivity contribution < 1.29 is 10.2 Å². The number of likely N-dealkylation sites (N-methyl/N-ethyl adjacent to an activating group) is 1. The van der Waals surface area contributed by atoms with Crippen molar-refractivity contribution in [2.24, 2.45) is 0 Å². The maximum absolute atomic E-state index is 9.79. The molecular formula is C8H12Cl2N4O2. The SMILES string of the molecule is CNCC(O)C(O)c1c(Cl)nc(N)nc1Cl. The zero-order valence-corrected chi connectivity index (χ0v) is 10.00. The number of nitrogens with two attached hydrogens (primary N) is 1. The summed E-state index contributed by atoms with van der Waals surface area (Å²) in [5, 5.41) is 21.9. The molecule has 0 saturated heterocycles. The zero-order chi connectivity index (χ0) is 12.3. The first kappa shape index (κ1) is 13.4. The minimum atomic E-state index is -1.27. The van der Waals surface area contributed by atoms with Gasteiger partial charge in [-0.15, -0.1) is 0 Å². The predicted octanol–water partition coefficient (Wildman–Crippen LogP) is -0.0207. The number of halogens is 2. The summed E-state index contributed by atoms with van der Waals surface area (Å²) in [6.45, 7) is 0.179. The number of aliphatic hydroxyl groups is 2. The fraction of sp³-hybridized carbons (Fsp3) is 0.500. The standard InChI is InChI=1S/C8H12Cl2N4O2/c1-12-2-3(15)5(16)4-6(9)13-8(11)14-7(4)10/h3,5,12,15-16H,2H2,1H3,(H2,11,13,14). The summed E-state index contributed by atoms with van der Waals surface area (Å²) in [6, 6.07) is 0. The van der Waals surface area contributed by atoms with Crippen LogP contribution in [0.4, 0.5) is 5.95 Å². The maximum atomic E-state index is 9.79. The van der Waals surface area contributed by atoms with Crippen LogP contribution in [0, 0.1) is 0 Å². The molecule has 6 nitrogen and oxygen atoms in total. The predicted molar refractivity (Wildman–Crippen MR) is 61.4 cm³/mol. The normalized spacial score (nSPS) is 14.8. The average Bonchev–Trinajstić information content (AvgIpc) is 2.16.